The van der Waals surface area contributed by atoms with Crippen molar-refractivity contribution in [2.75, 3.05) is 32.2 Å². The minimum atomic E-state index is -0.423. The highest BCUT2D eigenvalue weighted by Gasteiger charge is 2.12. The summed E-state index contributed by atoms with van der Waals surface area (Å²) in [7, 11) is 3.20. The second kappa shape index (κ2) is 5.67. The lowest BCUT2D eigenvalue weighted by Crippen LogP contribution is -2.19. The number of rotatable bonds is 5. The van der Waals surface area contributed by atoms with Crippen LogP contribution in [0.2, 0.25) is 0 Å². The molecular weight excluding hydrogens is 216 g/mol. The molecule has 0 fully saturated rings. The zero-order valence-corrected chi connectivity index (χ0v) is 9.58. The maximum atomic E-state index is 11.1. The van der Waals surface area contributed by atoms with Crippen molar-refractivity contribution in [1.82, 2.24) is 4.98 Å². The van der Waals surface area contributed by atoms with Crippen molar-refractivity contribution in [3.05, 3.63) is 11.1 Å². The van der Waals surface area contributed by atoms with Crippen molar-refractivity contribution in [2.45, 2.75) is 6.42 Å². The summed E-state index contributed by atoms with van der Waals surface area (Å²) >= 11 is 1.38. The zero-order valence-electron chi connectivity index (χ0n) is 8.77. The molecule has 0 radical (unpaired) electrons. The maximum Gasteiger partial charge on any atom is 0.357 e. The first-order chi connectivity index (χ1) is 7.19. The van der Waals surface area contributed by atoms with E-state index in [2.05, 4.69) is 9.72 Å². The van der Waals surface area contributed by atoms with E-state index in [-0.39, 0.29) is 6.61 Å². The van der Waals surface area contributed by atoms with Gasteiger partial charge in [0.25, 0.3) is 0 Å². The van der Waals surface area contributed by atoms with E-state index in [9.17, 15) is 4.79 Å². The van der Waals surface area contributed by atoms with Gasteiger partial charge < -0.3 is 14.7 Å². The van der Waals surface area contributed by atoms with Crippen LogP contribution in [-0.2, 0) is 4.74 Å². The molecule has 0 atom stereocenters. The number of ether oxygens (including phenoxy) is 1. The summed E-state index contributed by atoms with van der Waals surface area (Å²) in [6, 6.07) is 0. The molecule has 1 aromatic heterocycles. The molecule has 1 aromatic rings. The highest BCUT2D eigenvalue weighted by atomic mass is 32.1. The molecule has 0 aliphatic rings. The first kappa shape index (κ1) is 11.9. The number of anilines is 1. The number of hydrogen-bond acceptors (Lipinski definition) is 6. The van der Waals surface area contributed by atoms with Gasteiger partial charge in [-0.05, 0) is 6.42 Å². The van der Waals surface area contributed by atoms with E-state index in [0.717, 1.165) is 5.13 Å². The van der Waals surface area contributed by atoms with Crippen molar-refractivity contribution in [2.24, 2.45) is 0 Å². The molecule has 84 valence electrons. The fourth-order valence-corrected chi connectivity index (χ4v) is 1.83. The molecule has 15 heavy (non-hydrogen) atoms. The van der Waals surface area contributed by atoms with Crippen LogP contribution >= 0.6 is 11.3 Å². The lowest BCUT2D eigenvalue weighted by atomic mass is 10.4. The first-order valence-electron chi connectivity index (χ1n) is 4.55. The molecule has 0 bridgehead atoms. The van der Waals surface area contributed by atoms with Gasteiger partial charge in [0.2, 0.25) is 0 Å². The van der Waals surface area contributed by atoms with Gasteiger partial charge in [-0.15, -0.1) is 11.3 Å². The highest BCUT2D eigenvalue weighted by molar-refractivity contribution is 7.13. The van der Waals surface area contributed by atoms with E-state index >= 15 is 0 Å². The average molecular weight is 230 g/mol. The van der Waals surface area contributed by atoms with Crippen LogP contribution in [0, 0.1) is 0 Å². The van der Waals surface area contributed by atoms with E-state index in [1.807, 2.05) is 11.9 Å². The number of aliphatic hydroxyl groups excluding tert-OH is 1. The molecule has 0 saturated heterocycles. The fraction of sp³-hybridized carbons (Fsp3) is 0.556. The molecule has 0 amide bonds. The predicted molar refractivity (Wildman–Crippen MR) is 58.4 cm³/mol. The van der Waals surface area contributed by atoms with E-state index in [0.29, 0.717) is 18.7 Å². The van der Waals surface area contributed by atoms with Crippen molar-refractivity contribution < 1.29 is 14.6 Å². The topological polar surface area (TPSA) is 62.7 Å². The Morgan fingerprint density at radius 3 is 3.07 bits per heavy atom. The number of methoxy groups -OCH3 is 1. The molecule has 1 rings (SSSR count). The Morgan fingerprint density at radius 1 is 1.73 bits per heavy atom. The number of carbonyl (C=O) groups excluding carboxylic acids is 1. The van der Waals surface area contributed by atoms with Crippen molar-refractivity contribution in [1.29, 1.82) is 0 Å². The second-order valence-electron chi connectivity index (χ2n) is 3.01. The summed E-state index contributed by atoms with van der Waals surface area (Å²) in [5, 5.41) is 11.1. The summed E-state index contributed by atoms with van der Waals surface area (Å²) in [5.41, 5.74) is 0.327. The number of hydrogen-bond donors (Lipinski definition) is 1. The molecule has 0 unspecified atom stereocenters. The molecular formula is C9H14N2O3S. The number of carbonyl (C=O) groups is 1. The van der Waals surface area contributed by atoms with E-state index in [4.69, 9.17) is 5.11 Å². The second-order valence-corrected chi connectivity index (χ2v) is 3.84. The van der Waals surface area contributed by atoms with E-state index in [1.54, 1.807) is 5.38 Å². The maximum absolute atomic E-state index is 11.1. The fourth-order valence-electron chi connectivity index (χ4n) is 1.04. The Morgan fingerprint density at radius 2 is 2.47 bits per heavy atom. The molecule has 5 nitrogen and oxygen atoms in total. The van der Waals surface area contributed by atoms with Crippen LogP contribution in [0.5, 0.6) is 0 Å². The van der Waals surface area contributed by atoms with Crippen LogP contribution in [0.1, 0.15) is 16.9 Å². The van der Waals surface area contributed by atoms with Gasteiger partial charge in [0.1, 0.15) is 0 Å². The van der Waals surface area contributed by atoms with Gasteiger partial charge in [0.15, 0.2) is 10.8 Å². The van der Waals surface area contributed by atoms with Crippen LogP contribution in [0.15, 0.2) is 5.38 Å². The molecule has 0 saturated carbocycles. The van der Waals surface area contributed by atoms with Crippen LogP contribution < -0.4 is 4.90 Å². The number of thiazole rings is 1. The largest absolute Gasteiger partial charge is 0.464 e. The smallest absolute Gasteiger partial charge is 0.357 e. The monoisotopic (exact) mass is 230 g/mol. The average Bonchev–Trinajstić information content (AvgIpc) is 2.74. The van der Waals surface area contributed by atoms with Crippen molar-refractivity contribution >= 4 is 22.4 Å². The van der Waals surface area contributed by atoms with E-state index < -0.39 is 5.97 Å². The van der Waals surface area contributed by atoms with Gasteiger partial charge in [-0.25, -0.2) is 9.78 Å². The van der Waals surface area contributed by atoms with E-state index in [1.165, 1.54) is 18.4 Å². The minimum absolute atomic E-state index is 0.152. The Hall–Kier alpha value is -1.14. The third kappa shape index (κ3) is 3.17. The number of esters is 1. The Kier molecular flexibility index (Phi) is 4.51. The summed E-state index contributed by atoms with van der Waals surface area (Å²) in [5.74, 6) is -0.423. The van der Waals surface area contributed by atoms with Gasteiger partial charge in [-0.3, -0.25) is 0 Å². The Balaban J connectivity index is 2.62. The van der Waals surface area contributed by atoms with Crippen molar-refractivity contribution in [3.8, 4) is 0 Å². The summed E-state index contributed by atoms with van der Waals surface area (Å²) in [6.07, 6.45) is 0.684. The van der Waals surface area contributed by atoms with Gasteiger partial charge in [0, 0.05) is 25.6 Å². The van der Waals surface area contributed by atoms with Gasteiger partial charge >= 0.3 is 5.97 Å². The summed E-state index contributed by atoms with van der Waals surface area (Å²) in [6.45, 7) is 0.865. The third-order valence-corrected chi connectivity index (χ3v) is 2.82. The third-order valence-electron chi connectivity index (χ3n) is 1.86. The molecule has 6 heteroatoms. The quantitative estimate of drug-likeness (QED) is 0.756. The van der Waals surface area contributed by atoms with Crippen LogP contribution in [-0.4, -0.2) is 43.4 Å². The summed E-state index contributed by atoms with van der Waals surface area (Å²) in [4.78, 5) is 17.1. The van der Waals surface area contributed by atoms with Crippen molar-refractivity contribution in [3.63, 3.8) is 0 Å². The standard InChI is InChI=1S/C9H14N2O3S/c1-11(4-3-5-12)9-10-7(6-15-9)8(13)14-2/h6,12H,3-5H2,1-2H3. The molecule has 0 aliphatic carbocycles. The molecule has 1 N–H and O–H groups in total. The number of nitrogens with zero attached hydrogens (tertiary/aromatic N) is 2. The lowest BCUT2D eigenvalue weighted by molar-refractivity contribution is 0.0595. The summed E-state index contributed by atoms with van der Waals surface area (Å²) < 4.78 is 4.56. The number of aliphatic hydroxyl groups is 1. The van der Waals surface area contributed by atoms with Crippen LogP contribution in [0.25, 0.3) is 0 Å². The van der Waals surface area contributed by atoms with Crippen LogP contribution in [0.3, 0.4) is 0 Å². The van der Waals surface area contributed by atoms with Gasteiger partial charge in [-0.2, -0.15) is 0 Å². The Bertz CT molecular complexity index is 327. The SMILES string of the molecule is COC(=O)c1csc(N(C)CCCO)n1. The van der Waals surface area contributed by atoms with Crippen LogP contribution in [0.4, 0.5) is 5.13 Å². The number of aromatic nitrogens is 1. The van der Waals surface area contributed by atoms with Gasteiger partial charge in [-0.1, -0.05) is 0 Å². The predicted octanol–water partition coefficient (Wildman–Crippen LogP) is 0.748. The zero-order chi connectivity index (χ0) is 11.3. The lowest BCUT2D eigenvalue weighted by Gasteiger charge is -2.14. The first-order valence-corrected chi connectivity index (χ1v) is 5.43. The minimum Gasteiger partial charge on any atom is -0.464 e. The highest BCUT2D eigenvalue weighted by Crippen LogP contribution is 2.19. The molecule has 0 spiro atoms. The normalized spacial score (nSPS) is 10.1. The molecule has 0 aliphatic heterocycles. The Labute approximate surface area is 92.3 Å². The van der Waals surface area contributed by atoms with Gasteiger partial charge in [0.05, 0.1) is 7.11 Å². The molecule has 1 heterocycles. The molecule has 0 aromatic carbocycles.